The molecule has 2 heterocycles. The zero-order valence-electron chi connectivity index (χ0n) is 14.0. The van der Waals surface area contributed by atoms with E-state index in [1.165, 1.54) is 5.56 Å². The van der Waals surface area contributed by atoms with Gasteiger partial charge >= 0.3 is 0 Å². The molecular formula is C21H18N2OS. The minimum atomic E-state index is 0.0455. The maximum atomic E-state index is 13.1. The van der Waals surface area contributed by atoms with Crippen molar-refractivity contribution < 1.29 is 0 Å². The molecule has 4 rings (SSSR count). The van der Waals surface area contributed by atoms with Crippen molar-refractivity contribution in [2.45, 2.75) is 19.9 Å². The normalized spacial score (nSPS) is 11.1. The molecular weight excluding hydrogens is 328 g/mol. The summed E-state index contributed by atoms with van der Waals surface area (Å²) in [5.41, 5.74) is 3.36. The lowest BCUT2D eigenvalue weighted by atomic mass is 10.0. The van der Waals surface area contributed by atoms with Crippen molar-refractivity contribution in [2.24, 2.45) is 0 Å². The lowest BCUT2D eigenvalue weighted by molar-refractivity contribution is 0.663. The topological polar surface area (TPSA) is 34.9 Å². The summed E-state index contributed by atoms with van der Waals surface area (Å²) < 4.78 is 1.73. The van der Waals surface area contributed by atoms with Gasteiger partial charge in [-0.3, -0.25) is 9.36 Å². The van der Waals surface area contributed by atoms with Crippen LogP contribution in [0.25, 0.3) is 21.3 Å². The Kier molecular flexibility index (Phi) is 4.20. The molecule has 0 aliphatic carbocycles. The van der Waals surface area contributed by atoms with Crippen LogP contribution < -0.4 is 5.56 Å². The molecule has 2 aromatic heterocycles. The smallest absolute Gasteiger partial charge is 0.262 e. The largest absolute Gasteiger partial charge is 0.298 e. The minimum absolute atomic E-state index is 0.0455. The molecule has 2 aromatic carbocycles. The predicted molar refractivity (Wildman–Crippen MR) is 104 cm³/mol. The van der Waals surface area contributed by atoms with Crippen molar-refractivity contribution in [3.8, 4) is 11.1 Å². The Bertz CT molecular complexity index is 1070. The predicted octanol–water partition coefficient (Wildman–Crippen LogP) is 4.68. The SMILES string of the molecule is Cc1sc2ncn(CCc3ccccc3)c(=O)c2c1-c1ccccc1. The first-order valence-corrected chi connectivity index (χ1v) is 9.13. The summed E-state index contributed by atoms with van der Waals surface area (Å²) >= 11 is 1.59. The summed E-state index contributed by atoms with van der Waals surface area (Å²) in [6, 6.07) is 20.3. The highest BCUT2D eigenvalue weighted by molar-refractivity contribution is 7.19. The molecule has 124 valence electrons. The van der Waals surface area contributed by atoms with Crippen molar-refractivity contribution in [3.05, 3.63) is 87.8 Å². The summed E-state index contributed by atoms with van der Waals surface area (Å²) in [5, 5.41) is 0.740. The van der Waals surface area contributed by atoms with Crippen LogP contribution in [0.5, 0.6) is 0 Å². The van der Waals surface area contributed by atoms with Crippen LogP contribution >= 0.6 is 11.3 Å². The number of fused-ring (bicyclic) bond motifs is 1. The number of hydrogen-bond acceptors (Lipinski definition) is 3. The lowest BCUT2D eigenvalue weighted by Gasteiger charge is -2.07. The third-order valence-electron chi connectivity index (χ3n) is 4.40. The molecule has 0 unspecified atom stereocenters. The summed E-state index contributed by atoms with van der Waals surface area (Å²) in [7, 11) is 0. The maximum absolute atomic E-state index is 13.1. The second-order valence-corrected chi connectivity index (χ2v) is 7.26. The molecule has 25 heavy (non-hydrogen) atoms. The molecule has 0 aliphatic heterocycles. The fraction of sp³-hybridized carbons (Fsp3) is 0.143. The fourth-order valence-electron chi connectivity index (χ4n) is 3.14. The second-order valence-electron chi connectivity index (χ2n) is 6.06. The zero-order valence-corrected chi connectivity index (χ0v) is 14.8. The molecule has 0 radical (unpaired) electrons. The minimum Gasteiger partial charge on any atom is -0.298 e. The van der Waals surface area contributed by atoms with Gasteiger partial charge in [0, 0.05) is 17.0 Å². The van der Waals surface area contributed by atoms with Gasteiger partial charge in [0.2, 0.25) is 0 Å². The monoisotopic (exact) mass is 346 g/mol. The molecule has 0 fully saturated rings. The quantitative estimate of drug-likeness (QED) is 0.538. The number of nitrogens with zero attached hydrogens (tertiary/aromatic N) is 2. The summed E-state index contributed by atoms with van der Waals surface area (Å²) in [6.07, 6.45) is 2.50. The Hall–Kier alpha value is -2.72. The molecule has 0 amide bonds. The summed E-state index contributed by atoms with van der Waals surface area (Å²) in [4.78, 5) is 19.6. The highest BCUT2D eigenvalue weighted by Crippen LogP contribution is 2.35. The molecule has 0 saturated heterocycles. The molecule has 0 bridgehead atoms. The molecule has 0 N–H and O–H groups in total. The number of rotatable bonds is 4. The van der Waals surface area contributed by atoms with E-state index in [4.69, 9.17) is 0 Å². The van der Waals surface area contributed by atoms with E-state index in [0.717, 1.165) is 32.6 Å². The van der Waals surface area contributed by atoms with Gasteiger partial charge in [-0.1, -0.05) is 60.7 Å². The molecule has 0 saturated carbocycles. The Labute approximate surface area is 150 Å². The van der Waals surface area contributed by atoms with E-state index < -0.39 is 0 Å². The highest BCUT2D eigenvalue weighted by atomic mass is 32.1. The first-order chi connectivity index (χ1) is 12.2. The molecule has 0 aliphatic rings. The molecule has 0 spiro atoms. The van der Waals surface area contributed by atoms with Crippen molar-refractivity contribution in [1.29, 1.82) is 0 Å². The van der Waals surface area contributed by atoms with Gasteiger partial charge in [0.1, 0.15) is 4.83 Å². The van der Waals surface area contributed by atoms with Crippen LogP contribution in [0.4, 0.5) is 0 Å². The van der Waals surface area contributed by atoms with E-state index in [1.54, 1.807) is 22.2 Å². The Morgan fingerprint density at radius 3 is 2.40 bits per heavy atom. The Morgan fingerprint density at radius 1 is 1.00 bits per heavy atom. The molecule has 0 atom stereocenters. The second kappa shape index (κ2) is 6.65. The highest BCUT2D eigenvalue weighted by Gasteiger charge is 2.16. The Morgan fingerprint density at radius 2 is 1.68 bits per heavy atom. The van der Waals surface area contributed by atoms with Crippen LogP contribution in [0.3, 0.4) is 0 Å². The average molecular weight is 346 g/mol. The van der Waals surface area contributed by atoms with Crippen LogP contribution in [0.15, 0.2) is 71.8 Å². The van der Waals surface area contributed by atoms with Gasteiger partial charge in [0.15, 0.2) is 0 Å². The van der Waals surface area contributed by atoms with E-state index in [-0.39, 0.29) is 5.56 Å². The van der Waals surface area contributed by atoms with Gasteiger partial charge < -0.3 is 0 Å². The fourth-order valence-corrected chi connectivity index (χ4v) is 4.15. The van der Waals surface area contributed by atoms with Crippen LogP contribution in [0.2, 0.25) is 0 Å². The van der Waals surface area contributed by atoms with Gasteiger partial charge in [0.25, 0.3) is 5.56 Å². The lowest BCUT2D eigenvalue weighted by Crippen LogP contribution is -2.21. The van der Waals surface area contributed by atoms with Gasteiger partial charge in [-0.05, 0) is 24.5 Å². The van der Waals surface area contributed by atoms with E-state index in [9.17, 15) is 4.79 Å². The molecule has 4 aromatic rings. The van der Waals surface area contributed by atoms with E-state index >= 15 is 0 Å². The van der Waals surface area contributed by atoms with Gasteiger partial charge in [-0.25, -0.2) is 4.98 Å². The Balaban J connectivity index is 1.78. The maximum Gasteiger partial charge on any atom is 0.262 e. The summed E-state index contributed by atoms with van der Waals surface area (Å²) in [6.45, 7) is 2.69. The number of benzene rings is 2. The number of aromatic nitrogens is 2. The van der Waals surface area contributed by atoms with Gasteiger partial charge in [-0.15, -0.1) is 11.3 Å². The molecule has 3 nitrogen and oxygen atoms in total. The van der Waals surface area contributed by atoms with Crippen molar-refractivity contribution in [1.82, 2.24) is 9.55 Å². The van der Waals surface area contributed by atoms with Crippen molar-refractivity contribution >= 4 is 21.6 Å². The van der Waals surface area contributed by atoms with E-state index in [2.05, 4.69) is 36.2 Å². The van der Waals surface area contributed by atoms with Crippen LogP contribution in [-0.4, -0.2) is 9.55 Å². The van der Waals surface area contributed by atoms with Gasteiger partial charge in [0.05, 0.1) is 11.7 Å². The van der Waals surface area contributed by atoms with Gasteiger partial charge in [-0.2, -0.15) is 0 Å². The number of hydrogen-bond donors (Lipinski definition) is 0. The number of aryl methyl sites for hydroxylation is 3. The van der Waals surface area contributed by atoms with Crippen LogP contribution in [0.1, 0.15) is 10.4 Å². The van der Waals surface area contributed by atoms with E-state index in [1.807, 2.05) is 36.4 Å². The van der Waals surface area contributed by atoms with Crippen molar-refractivity contribution in [2.75, 3.05) is 0 Å². The molecule has 4 heteroatoms. The first-order valence-electron chi connectivity index (χ1n) is 8.32. The van der Waals surface area contributed by atoms with Crippen LogP contribution in [-0.2, 0) is 13.0 Å². The number of thiophene rings is 1. The first kappa shape index (κ1) is 15.8. The van der Waals surface area contributed by atoms with E-state index in [0.29, 0.717) is 6.54 Å². The average Bonchev–Trinajstić information content (AvgIpc) is 2.99. The summed E-state index contributed by atoms with van der Waals surface area (Å²) in [5.74, 6) is 0. The third kappa shape index (κ3) is 3.01. The van der Waals surface area contributed by atoms with Crippen LogP contribution in [0, 0.1) is 6.92 Å². The third-order valence-corrected chi connectivity index (χ3v) is 5.41. The zero-order chi connectivity index (χ0) is 17.2. The standard InChI is InChI=1S/C21H18N2OS/c1-15-18(17-10-6-3-7-11-17)19-20(25-15)22-14-23(21(19)24)13-12-16-8-4-2-5-9-16/h2-11,14H,12-13H2,1H3. The van der Waals surface area contributed by atoms with Crippen molar-refractivity contribution in [3.63, 3.8) is 0 Å².